The molecule has 4 atom stereocenters. The summed E-state index contributed by atoms with van der Waals surface area (Å²) in [6.45, 7) is 9.24. The molecule has 0 saturated carbocycles. The van der Waals surface area contributed by atoms with Gasteiger partial charge < -0.3 is 19.3 Å². The maximum Gasteiger partial charge on any atom is 0.410 e. The molecule has 1 saturated heterocycles. The van der Waals surface area contributed by atoms with Crippen LogP contribution in [0.25, 0.3) is 0 Å². The molecule has 1 aromatic heterocycles. The zero-order valence-electron chi connectivity index (χ0n) is 22.8. The first-order valence-corrected chi connectivity index (χ1v) is 13.6. The van der Waals surface area contributed by atoms with Gasteiger partial charge in [0, 0.05) is 56.3 Å². The van der Waals surface area contributed by atoms with Crippen LogP contribution in [0.1, 0.15) is 64.5 Å². The van der Waals surface area contributed by atoms with E-state index in [1.165, 1.54) is 0 Å². The number of esters is 1. The van der Waals surface area contributed by atoms with E-state index in [1.54, 1.807) is 11.1 Å². The van der Waals surface area contributed by atoms with Crippen LogP contribution in [0.15, 0.2) is 60.3 Å². The van der Waals surface area contributed by atoms with Gasteiger partial charge in [0.25, 0.3) is 0 Å². The number of carbonyl (C=O) groups is 2. The fraction of sp³-hybridized carbons (Fsp3) is 0.567. The third-order valence-corrected chi connectivity index (χ3v) is 7.11. The highest BCUT2D eigenvalue weighted by Gasteiger charge is 2.25. The van der Waals surface area contributed by atoms with Crippen molar-refractivity contribution in [1.29, 1.82) is 0 Å². The minimum absolute atomic E-state index is 0.0638. The summed E-state index contributed by atoms with van der Waals surface area (Å²) in [5.74, 6) is -0.0503. The molecular weight excluding hydrogens is 466 g/mol. The highest BCUT2D eigenvalue weighted by atomic mass is 16.6. The van der Waals surface area contributed by atoms with Gasteiger partial charge >= 0.3 is 12.1 Å². The second-order valence-electron chi connectivity index (χ2n) is 10.3. The first kappa shape index (κ1) is 28.6. The van der Waals surface area contributed by atoms with Crippen molar-refractivity contribution in [2.75, 3.05) is 33.2 Å². The highest BCUT2D eigenvalue weighted by Crippen LogP contribution is 2.23. The number of nitrogens with zero attached hydrogens (tertiary/aromatic N) is 3. The van der Waals surface area contributed by atoms with Crippen LogP contribution in [0, 0.1) is 5.92 Å². The quantitative estimate of drug-likeness (QED) is 0.296. The summed E-state index contributed by atoms with van der Waals surface area (Å²) >= 11 is 0. The van der Waals surface area contributed by atoms with Gasteiger partial charge in [-0.3, -0.25) is 9.78 Å². The number of carbonyl (C=O) groups excluding carboxylic acids is 2. The van der Waals surface area contributed by atoms with Gasteiger partial charge in [-0.1, -0.05) is 50.6 Å². The van der Waals surface area contributed by atoms with Gasteiger partial charge in [0.1, 0.15) is 12.2 Å². The molecule has 1 aromatic rings. The van der Waals surface area contributed by atoms with E-state index in [-0.39, 0.29) is 36.1 Å². The smallest absolute Gasteiger partial charge is 0.410 e. The van der Waals surface area contributed by atoms with E-state index < -0.39 is 0 Å². The van der Waals surface area contributed by atoms with Gasteiger partial charge in [-0.2, -0.15) is 0 Å². The number of hydrogen-bond acceptors (Lipinski definition) is 6. The first-order valence-electron chi connectivity index (χ1n) is 13.6. The average Bonchev–Trinajstić information content (AvgIpc) is 2.89. The number of cyclic esters (lactones) is 1. The van der Waals surface area contributed by atoms with E-state index in [1.807, 2.05) is 56.4 Å². The molecule has 0 aliphatic carbocycles. The Morgan fingerprint density at radius 2 is 1.95 bits per heavy atom. The molecule has 0 aromatic carbocycles. The van der Waals surface area contributed by atoms with E-state index >= 15 is 0 Å². The topological polar surface area (TPSA) is 72.0 Å². The lowest BCUT2D eigenvalue weighted by Gasteiger charge is -2.32. The van der Waals surface area contributed by atoms with Crippen molar-refractivity contribution < 1.29 is 19.1 Å². The molecule has 7 nitrogen and oxygen atoms in total. The van der Waals surface area contributed by atoms with E-state index in [0.29, 0.717) is 19.5 Å². The lowest BCUT2D eigenvalue weighted by molar-refractivity contribution is -0.148. The summed E-state index contributed by atoms with van der Waals surface area (Å²) in [5, 5.41) is 0. The Hall–Kier alpha value is -2.93. The van der Waals surface area contributed by atoms with Crippen LogP contribution in [0.3, 0.4) is 0 Å². The molecule has 0 N–H and O–H groups in total. The molecule has 202 valence electrons. The summed E-state index contributed by atoms with van der Waals surface area (Å²) in [6, 6.07) is 5.91. The van der Waals surface area contributed by atoms with Crippen LogP contribution in [-0.2, 0) is 14.3 Å². The second kappa shape index (κ2) is 14.7. The van der Waals surface area contributed by atoms with Gasteiger partial charge in [-0.25, -0.2) is 4.79 Å². The Balaban J connectivity index is 1.69. The SMILES string of the molecule is C/C(=C\C=C\C(C)c1ccccn1)[C@H]1OC(=O)CCCCC[C@@H](OC(=O)N2CCN(C)CC2)/C=C/[C@@H]1C. The van der Waals surface area contributed by atoms with Crippen molar-refractivity contribution in [3.63, 3.8) is 0 Å². The third-order valence-electron chi connectivity index (χ3n) is 7.11. The average molecular weight is 510 g/mol. The molecule has 3 rings (SSSR count). The number of aromatic nitrogens is 1. The first-order chi connectivity index (χ1) is 17.8. The Morgan fingerprint density at radius 3 is 2.68 bits per heavy atom. The van der Waals surface area contributed by atoms with Gasteiger partial charge in [-0.05, 0) is 57.0 Å². The molecule has 37 heavy (non-hydrogen) atoms. The van der Waals surface area contributed by atoms with Crippen molar-refractivity contribution in [3.05, 3.63) is 66.0 Å². The fourth-order valence-electron chi connectivity index (χ4n) is 4.61. The second-order valence-corrected chi connectivity index (χ2v) is 10.3. The largest absolute Gasteiger partial charge is 0.457 e. The van der Waals surface area contributed by atoms with Gasteiger partial charge in [0.15, 0.2) is 0 Å². The highest BCUT2D eigenvalue weighted by molar-refractivity contribution is 5.70. The van der Waals surface area contributed by atoms with Crippen LogP contribution in [-0.4, -0.2) is 72.3 Å². The lowest BCUT2D eigenvalue weighted by atomic mass is 9.95. The van der Waals surface area contributed by atoms with E-state index in [2.05, 4.69) is 29.9 Å². The maximum atomic E-state index is 12.8. The van der Waals surface area contributed by atoms with Crippen molar-refractivity contribution in [1.82, 2.24) is 14.8 Å². The number of likely N-dealkylation sites (N-methyl/N-ethyl adjacent to an activating group) is 1. The maximum absolute atomic E-state index is 12.8. The minimum atomic E-state index is -0.382. The van der Waals surface area contributed by atoms with Crippen molar-refractivity contribution >= 4 is 12.1 Å². The molecule has 0 radical (unpaired) electrons. The summed E-state index contributed by atoms with van der Waals surface area (Å²) in [5.41, 5.74) is 1.98. The standard InChI is InChI=1S/C30H43N3O4/c1-23(27-14-8-9-18-31-27)11-10-12-24(2)29-25(3)16-17-26(13-6-5-7-15-28(34)37-29)36-30(35)33-21-19-32(4)20-22-33/h8-12,14,16-18,23,25-26,29H,5-7,13,15,19-22H2,1-4H3/b11-10+,17-16+,24-12+/t23?,25-,26+,29+/m0/s1. The number of allylic oxidation sites excluding steroid dienone is 3. The third kappa shape index (κ3) is 9.47. The molecule has 1 unspecified atom stereocenters. The number of pyridine rings is 1. The van der Waals surface area contributed by atoms with Gasteiger partial charge in [0.2, 0.25) is 0 Å². The van der Waals surface area contributed by atoms with Crippen molar-refractivity contribution in [2.45, 2.75) is 71.0 Å². The fourth-order valence-corrected chi connectivity index (χ4v) is 4.61. The number of hydrogen-bond donors (Lipinski definition) is 0. The molecule has 1 fully saturated rings. The van der Waals surface area contributed by atoms with Crippen LogP contribution >= 0.6 is 0 Å². The van der Waals surface area contributed by atoms with Crippen LogP contribution < -0.4 is 0 Å². The zero-order valence-corrected chi connectivity index (χ0v) is 22.8. The summed E-state index contributed by atoms with van der Waals surface area (Å²) < 4.78 is 11.8. The van der Waals surface area contributed by atoms with Gasteiger partial charge in [0.05, 0.1) is 0 Å². The summed E-state index contributed by atoms with van der Waals surface area (Å²) in [7, 11) is 2.07. The molecule has 0 bridgehead atoms. The molecule has 2 aliphatic heterocycles. The molecular formula is C30H43N3O4. The predicted molar refractivity (Wildman–Crippen MR) is 146 cm³/mol. The Bertz CT molecular complexity index is 951. The van der Waals surface area contributed by atoms with Crippen LogP contribution in [0.2, 0.25) is 0 Å². The molecule has 3 heterocycles. The Kier molecular flexibility index (Phi) is 11.4. The van der Waals surface area contributed by atoms with E-state index in [4.69, 9.17) is 9.47 Å². The van der Waals surface area contributed by atoms with Gasteiger partial charge in [-0.15, -0.1) is 0 Å². The minimum Gasteiger partial charge on any atom is -0.457 e. The van der Waals surface area contributed by atoms with Crippen molar-refractivity contribution in [3.8, 4) is 0 Å². The lowest BCUT2D eigenvalue weighted by Crippen LogP contribution is -2.47. The normalized spacial score (nSPS) is 26.6. The van der Waals surface area contributed by atoms with Crippen LogP contribution in [0.5, 0.6) is 0 Å². The van der Waals surface area contributed by atoms with E-state index in [0.717, 1.165) is 50.0 Å². The molecule has 1 amide bonds. The molecule has 0 spiro atoms. The molecule has 7 heteroatoms. The zero-order chi connectivity index (χ0) is 26.6. The van der Waals surface area contributed by atoms with Crippen LogP contribution in [0.4, 0.5) is 4.79 Å². The summed E-state index contributed by atoms with van der Waals surface area (Å²) in [6.07, 6.45) is 14.7. The van der Waals surface area contributed by atoms with E-state index in [9.17, 15) is 9.59 Å². The van der Waals surface area contributed by atoms with Crippen molar-refractivity contribution in [2.24, 2.45) is 5.92 Å². The number of amides is 1. The number of piperazine rings is 1. The Labute approximate surface area is 222 Å². The predicted octanol–water partition coefficient (Wildman–Crippen LogP) is 5.51. The number of rotatable bonds is 5. The number of ether oxygens (including phenoxy) is 2. The summed E-state index contributed by atoms with van der Waals surface area (Å²) in [4.78, 5) is 33.8. The Morgan fingerprint density at radius 1 is 1.16 bits per heavy atom. The molecule has 2 aliphatic rings. The monoisotopic (exact) mass is 509 g/mol.